The van der Waals surface area contributed by atoms with Gasteiger partial charge in [0.15, 0.2) is 0 Å². The summed E-state index contributed by atoms with van der Waals surface area (Å²) < 4.78 is 6.40. The second-order valence-corrected chi connectivity index (χ2v) is 7.20. The third kappa shape index (κ3) is 3.76. The zero-order valence-electron chi connectivity index (χ0n) is 13.9. The van der Waals surface area contributed by atoms with E-state index in [0.717, 1.165) is 18.4 Å². The van der Waals surface area contributed by atoms with Gasteiger partial charge >= 0.3 is 0 Å². The van der Waals surface area contributed by atoms with Crippen molar-refractivity contribution < 1.29 is 4.74 Å². The van der Waals surface area contributed by atoms with Crippen molar-refractivity contribution in [3.63, 3.8) is 0 Å². The number of rotatable bonds is 5. The van der Waals surface area contributed by atoms with Crippen molar-refractivity contribution in [1.82, 2.24) is 5.32 Å². The molecule has 0 aromatic rings. The highest BCUT2D eigenvalue weighted by Gasteiger charge is 2.44. The molecular formula is C18H35NO. The summed E-state index contributed by atoms with van der Waals surface area (Å²) in [6, 6.07) is 0.563. The van der Waals surface area contributed by atoms with E-state index in [-0.39, 0.29) is 5.60 Å². The Morgan fingerprint density at radius 2 is 1.65 bits per heavy atom. The zero-order valence-corrected chi connectivity index (χ0v) is 13.9. The van der Waals surface area contributed by atoms with Crippen LogP contribution in [0.5, 0.6) is 0 Å². The van der Waals surface area contributed by atoms with E-state index in [4.69, 9.17) is 4.74 Å². The molecule has 1 atom stereocenters. The molecule has 0 bridgehead atoms. The van der Waals surface area contributed by atoms with Gasteiger partial charge in [0.05, 0.1) is 5.60 Å². The number of likely N-dealkylation sites (N-methyl/N-ethyl adjacent to an activating group) is 1. The molecule has 2 saturated carbocycles. The Hall–Kier alpha value is -0.0800. The Balaban J connectivity index is 2.11. The number of ether oxygens (including phenoxy) is 1. The molecule has 118 valence electrons. The smallest absolute Gasteiger partial charge is 0.0837 e. The Morgan fingerprint density at radius 3 is 2.15 bits per heavy atom. The summed E-state index contributed by atoms with van der Waals surface area (Å²) in [4.78, 5) is 0. The molecule has 2 aliphatic rings. The van der Waals surface area contributed by atoms with E-state index in [2.05, 4.69) is 26.2 Å². The van der Waals surface area contributed by atoms with E-state index in [0.29, 0.717) is 6.04 Å². The molecule has 0 aliphatic heterocycles. The van der Waals surface area contributed by atoms with E-state index in [9.17, 15) is 0 Å². The van der Waals surface area contributed by atoms with Crippen LogP contribution in [0.15, 0.2) is 0 Å². The minimum Gasteiger partial charge on any atom is -0.374 e. The van der Waals surface area contributed by atoms with Gasteiger partial charge in [-0.3, -0.25) is 0 Å². The molecule has 2 nitrogen and oxygen atoms in total. The normalized spacial score (nSPS) is 34.6. The van der Waals surface area contributed by atoms with Crippen LogP contribution in [0.2, 0.25) is 0 Å². The molecule has 0 radical (unpaired) electrons. The Morgan fingerprint density at radius 1 is 1.05 bits per heavy atom. The van der Waals surface area contributed by atoms with Gasteiger partial charge in [-0.25, -0.2) is 0 Å². The highest BCUT2D eigenvalue weighted by molar-refractivity contribution is 4.99. The molecule has 0 aromatic heterocycles. The van der Waals surface area contributed by atoms with Crippen LogP contribution in [0.4, 0.5) is 0 Å². The fourth-order valence-electron chi connectivity index (χ4n) is 4.66. The maximum Gasteiger partial charge on any atom is 0.0837 e. The Labute approximate surface area is 126 Å². The monoisotopic (exact) mass is 281 g/mol. The number of hydrogen-bond acceptors (Lipinski definition) is 2. The summed E-state index contributed by atoms with van der Waals surface area (Å²) >= 11 is 0. The maximum absolute atomic E-state index is 6.40. The van der Waals surface area contributed by atoms with Gasteiger partial charge in [-0.2, -0.15) is 0 Å². The molecule has 2 aliphatic carbocycles. The van der Waals surface area contributed by atoms with Crippen molar-refractivity contribution in [3.8, 4) is 0 Å². The molecule has 1 N–H and O–H groups in total. The molecule has 0 saturated heterocycles. The minimum absolute atomic E-state index is 0.116. The minimum atomic E-state index is 0.116. The summed E-state index contributed by atoms with van der Waals surface area (Å²) in [6.07, 6.45) is 13.7. The van der Waals surface area contributed by atoms with Gasteiger partial charge < -0.3 is 10.1 Å². The predicted octanol–water partition coefficient (Wildman–Crippen LogP) is 4.53. The van der Waals surface area contributed by atoms with Crippen LogP contribution in [0.25, 0.3) is 0 Å². The van der Waals surface area contributed by atoms with Gasteiger partial charge in [-0.05, 0) is 64.3 Å². The summed E-state index contributed by atoms with van der Waals surface area (Å²) in [5.41, 5.74) is 0.116. The van der Waals surface area contributed by atoms with Gasteiger partial charge in [-0.15, -0.1) is 0 Å². The second kappa shape index (κ2) is 7.79. The molecule has 0 aromatic carbocycles. The van der Waals surface area contributed by atoms with Crippen LogP contribution in [0.1, 0.15) is 78.1 Å². The fourth-order valence-corrected chi connectivity index (χ4v) is 4.66. The van der Waals surface area contributed by atoms with E-state index < -0.39 is 0 Å². The average Bonchev–Trinajstić information content (AvgIpc) is 2.72. The molecule has 20 heavy (non-hydrogen) atoms. The lowest BCUT2D eigenvalue weighted by Gasteiger charge is -2.47. The predicted molar refractivity (Wildman–Crippen MR) is 86.0 cm³/mol. The lowest BCUT2D eigenvalue weighted by atomic mass is 9.70. The lowest BCUT2D eigenvalue weighted by molar-refractivity contribution is -0.108. The molecule has 0 spiro atoms. The van der Waals surface area contributed by atoms with Gasteiger partial charge in [0.2, 0.25) is 0 Å². The van der Waals surface area contributed by atoms with Crippen LogP contribution < -0.4 is 5.32 Å². The lowest BCUT2D eigenvalue weighted by Crippen LogP contribution is -2.56. The van der Waals surface area contributed by atoms with Crippen LogP contribution in [0, 0.1) is 11.8 Å². The van der Waals surface area contributed by atoms with E-state index in [1.807, 2.05) is 0 Å². The Kier molecular flexibility index (Phi) is 6.35. The van der Waals surface area contributed by atoms with Crippen LogP contribution in [-0.4, -0.2) is 25.3 Å². The van der Waals surface area contributed by atoms with Crippen LogP contribution >= 0.6 is 0 Å². The first-order valence-electron chi connectivity index (χ1n) is 9.03. The van der Waals surface area contributed by atoms with Crippen molar-refractivity contribution in [1.29, 1.82) is 0 Å². The third-order valence-electron chi connectivity index (χ3n) is 5.80. The zero-order chi connectivity index (χ0) is 14.4. The molecule has 2 heteroatoms. The average molecular weight is 281 g/mol. The van der Waals surface area contributed by atoms with Gasteiger partial charge in [0.1, 0.15) is 0 Å². The van der Waals surface area contributed by atoms with Crippen molar-refractivity contribution in [2.45, 2.75) is 89.7 Å². The number of hydrogen-bond donors (Lipinski definition) is 1. The molecule has 0 amide bonds. The molecule has 0 heterocycles. The van der Waals surface area contributed by atoms with E-state index >= 15 is 0 Å². The van der Waals surface area contributed by atoms with Crippen LogP contribution in [0.3, 0.4) is 0 Å². The first kappa shape index (κ1) is 16.3. The maximum atomic E-state index is 6.40. The van der Waals surface area contributed by atoms with Gasteiger partial charge in [-0.1, -0.05) is 32.6 Å². The molecule has 2 rings (SSSR count). The summed E-state index contributed by atoms with van der Waals surface area (Å²) in [5, 5.41) is 3.68. The van der Waals surface area contributed by atoms with Crippen molar-refractivity contribution >= 4 is 0 Å². The van der Waals surface area contributed by atoms with Gasteiger partial charge in [0.25, 0.3) is 0 Å². The largest absolute Gasteiger partial charge is 0.374 e. The van der Waals surface area contributed by atoms with Crippen molar-refractivity contribution in [2.24, 2.45) is 11.8 Å². The van der Waals surface area contributed by atoms with Crippen molar-refractivity contribution in [3.05, 3.63) is 0 Å². The molecule has 2 fully saturated rings. The standard InChI is InChI=1S/C18H35NO/c1-4-20-18(13-11-15(2)12-14-18)17(19-3)16-9-7-5-6-8-10-16/h15-17,19H,4-14H2,1-3H3. The molecular weight excluding hydrogens is 246 g/mol. The summed E-state index contributed by atoms with van der Waals surface area (Å²) in [5.74, 6) is 1.71. The van der Waals surface area contributed by atoms with E-state index in [1.165, 1.54) is 64.2 Å². The fraction of sp³-hybridized carbons (Fsp3) is 1.00. The highest BCUT2D eigenvalue weighted by Crippen LogP contribution is 2.42. The van der Waals surface area contributed by atoms with Crippen molar-refractivity contribution in [2.75, 3.05) is 13.7 Å². The Bertz CT molecular complexity index is 263. The SMILES string of the molecule is CCOC1(C(NC)C2CCCCCC2)CCC(C)CC1. The van der Waals surface area contributed by atoms with E-state index in [1.54, 1.807) is 0 Å². The molecule has 1 unspecified atom stereocenters. The van der Waals surface area contributed by atoms with Crippen LogP contribution in [-0.2, 0) is 4.74 Å². The van der Waals surface area contributed by atoms with Gasteiger partial charge in [0, 0.05) is 12.6 Å². The first-order chi connectivity index (χ1) is 9.72. The quantitative estimate of drug-likeness (QED) is 0.748. The third-order valence-corrected chi connectivity index (χ3v) is 5.80. The number of nitrogens with one attached hydrogen (secondary N) is 1. The second-order valence-electron chi connectivity index (χ2n) is 7.20. The topological polar surface area (TPSA) is 21.3 Å². The first-order valence-corrected chi connectivity index (χ1v) is 9.03. The summed E-state index contributed by atoms with van der Waals surface area (Å²) in [6.45, 7) is 5.43. The highest BCUT2D eigenvalue weighted by atomic mass is 16.5. The summed E-state index contributed by atoms with van der Waals surface area (Å²) in [7, 11) is 2.16.